The zero-order valence-electron chi connectivity index (χ0n) is 11.0. The minimum Gasteiger partial charge on any atom is -0.369 e. The van der Waals surface area contributed by atoms with E-state index in [9.17, 15) is 14.9 Å². The Kier molecular flexibility index (Phi) is 4.46. The lowest BCUT2D eigenvalue weighted by Crippen LogP contribution is -2.25. The number of carbonyl (C=O) groups excluding carboxylic acids is 1. The number of pyridine rings is 1. The predicted octanol–water partition coefficient (Wildman–Crippen LogP) is 0.643. The first-order valence-corrected chi connectivity index (χ1v) is 6.49. The third kappa shape index (κ3) is 3.41. The van der Waals surface area contributed by atoms with Crippen LogP contribution in [0.2, 0.25) is 0 Å². The molecule has 2 heterocycles. The summed E-state index contributed by atoms with van der Waals surface area (Å²) in [4.78, 5) is 25.3. The maximum Gasteiger partial charge on any atom is 0.288 e. The van der Waals surface area contributed by atoms with Crippen LogP contribution in [0.4, 0.5) is 11.5 Å². The summed E-state index contributed by atoms with van der Waals surface area (Å²) in [6.07, 6.45) is 4.32. The zero-order chi connectivity index (χ0) is 14.5. The molecule has 1 fully saturated rings. The molecule has 1 aromatic heterocycles. The molecule has 1 aliphatic heterocycles. The maximum atomic E-state index is 11.3. The summed E-state index contributed by atoms with van der Waals surface area (Å²) >= 11 is 0. The molecule has 0 spiro atoms. The fraction of sp³-hybridized carbons (Fsp3) is 0.500. The highest BCUT2D eigenvalue weighted by molar-refractivity contribution is 5.98. The number of carbonyl (C=O) groups is 1. The summed E-state index contributed by atoms with van der Waals surface area (Å²) < 4.78 is 0. The Labute approximate surface area is 115 Å². The van der Waals surface area contributed by atoms with E-state index in [2.05, 4.69) is 15.6 Å². The maximum absolute atomic E-state index is 11.3. The van der Waals surface area contributed by atoms with Gasteiger partial charge in [0.25, 0.3) is 11.6 Å². The highest BCUT2D eigenvalue weighted by atomic mass is 16.6. The third-order valence-electron chi connectivity index (χ3n) is 3.30. The number of nitrogens with zero attached hydrogens (tertiary/aromatic N) is 2. The highest BCUT2D eigenvalue weighted by Gasteiger charge is 2.17. The van der Waals surface area contributed by atoms with Gasteiger partial charge < -0.3 is 16.4 Å². The molecule has 0 aliphatic carbocycles. The first-order chi connectivity index (χ1) is 9.58. The van der Waals surface area contributed by atoms with E-state index < -0.39 is 10.8 Å². The average Bonchev–Trinajstić information content (AvgIpc) is 2.91. The van der Waals surface area contributed by atoms with Crippen LogP contribution in [0.25, 0.3) is 0 Å². The highest BCUT2D eigenvalue weighted by Crippen LogP contribution is 2.19. The van der Waals surface area contributed by atoms with E-state index >= 15 is 0 Å². The van der Waals surface area contributed by atoms with E-state index in [1.54, 1.807) is 0 Å². The van der Waals surface area contributed by atoms with Gasteiger partial charge in [-0.05, 0) is 25.8 Å². The molecule has 1 saturated heterocycles. The van der Waals surface area contributed by atoms with Gasteiger partial charge in [-0.15, -0.1) is 0 Å². The normalized spacial score (nSPS) is 17.9. The number of aromatic nitrogens is 1. The van der Waals surface area contributed by atoms with Crippen LogP contribution in [0.1, 0.15) is 29.6 Å². The second kappa shape index (κ2) is 6.29. The van der Waals surface area contributed by atoms with E-state index in [1.807, 2.05) is 0 Å². The summed E-state index contributed by atoms with van der Waals surface area (Å²) in [5, 5.41) is 17.0. The van der Waals surface area contributed by atoms with Crippen molar-refractivity contribution in [3.63, 3.8) is 0 Å². The Balaban J connectivity index is 2.02. The Morgan fingerprint density at radius 2 is 2.45 bits per heavy atom. The summed E-state index contributed by atoms with van der Waals surface area (Å²) in [6.45, 7) is 1.66. The molecule has 1 aliphatic rings. The van der Waals surface area contributed by atoms with Crippen molar-refractivity contribution in [2.24, 2.45) is 5.73 Å². The minimum atomic E-state index is -0.734. The van der Waals surface area contributed by atoms with Gasteiger partial charge in [0.1, 0.15) is 12.0 Å². The van der Waals surface area contributed by atoms with Crippen LogP contribution in [0.3, 0.4) is 0 Å². The largest absolute Gasteiger partial charge is 0.369 e. The van der Waals surface area contributed by atoms with E-state index in [-0.39, 0.29) is 11.3 Å². The number of hydrogen-bond donors (Lipinski definition) is 3. The SMILES string of the molecule is NC(=O)c1cc([N+](=O)[O-])cnc1NCC[C@@H]1CCCN1. The molecule has 1 aromatic rings. The van der Waals surface area contributed by atoms with E-state index in [4.69, 9.17) is 5.73 Å². The number of nitrogens with two attached hydrogens (primary N) is 1. The third-order valence-corrected chi connectivity index (χ3v) is 3.30. The average molecular weight is 279 g/mol. The number of hydrogen-bond acceptors (Lipinski definition) is 6. The number of amides is 1. The van der Waals surface area contributed by atoms with Gasteiger partial charge in [0.2, 0.25) is 0 Å². The lowest BCUT2D eigenvalue weighted by atomic mass is 10.1. The van der Waals surface area contributed by atoms with Gasteiger partial charge in [-0.2, -0.15) is 0 Å². The zero-order valence-corrected chi connectivity index (χ0v) is 11.0. The molecular formula is C12H17N5O3. The molecule has 1 atom stereocenters. The van der Waals surface area contributed by atoms with Crippen LogP contribution < -0.4 is 16.4 Å². The molecule has 1 amide bonds. The fourth-order valence-electron chi connectivity index (χ4n) is 2.25. The van der Waals surface area contributed by atoms with Gasteiger partial charge in [0.05, 0.1) is 10.5 Å². The molecular weight excluding hydrogens is 262 g/mol. The van der Waals surface area contributed by atoms with Crippen molar-refractivity contribution in [3.8, 4) is 0 Å². The number of anilines is 1. The molecule has 0 bridgehead atoms. The molecule has 108 valence electrons. The van der Waals surface area contributed by atoms with Crippen molar-refractivity contribution in [1.29, 1.82) is 0 Å². The Morgan fingerprint density at radius 3 is 3.05 bits per heavy atom. The Bertz CT molecular complexity index is 514. The summed E-state index contributed by atoms with van der Waals surface area (Å²) in [5.41, 5.74) is 5.02. The molecule has 0 saturated carbocycles. The smallest absolute Gasteiger partial charge is 0.288 e. The topological polar surface area (TPSA) is 123 Å². The molecule has 20 heavy (non-hydrogen) atoms. The van der Waals surface area contributed by atoms with Crippen LogP contribution >= 0.6 is 0 Å². The van der Waals surface area contributed by atoms with Crippen molar-refractivity contribution in [2.45, 2.75) is 25.3 Å². The number of nitrogens with one attached hydrogen (secondary N) is 2. The first kappa shape index (κ1) is 14.2. The van der Waals surface area contributed by atoms with Crippen molar-refractivity contribution in [3.05, 3.63) is 27.9 Å². The molecule has 0 radical (unpaired) electrons. The van der Waals surface area contributed by atoms with E-state index in [0.717, 1.165) is 31.6 Å². The van der Waals surface area contributed by atoms with Crippen LogP contribution in [0, 0.1) is 10.1 Å². The van der Waals surface area contributed by atoms with Crippen molar-refractivity contribution < 1.29 is 9.72 Å². The summed E-state index contributed by atoms with van der Waals surface area (Å²) in [5.74, 6) is -0.441. The Hall–Kier alpha value is -2.22. The lowest BCUT2D eigenvalue weighted by molar-refractivity contribution is -0.385. The molecule has 0 aromatic carbocycles. The summed E-state index contributed by atoms with van der Waals surface area (Å²) in [6, 6.07) is 1.61. The molecule has 2 rings (SSSR count). The van der Waals surface area contributed by atoms with Crippen molar-refractivity contribution in [2.75, 3.05) is 18.4 Å². The Morgan fingerprint density at radius 1 is 1.65 bits per heavy atom. The number of nitro groups is 1. The fourth-order valence-corrected chi connectivity index (χ4v) is 2.25. The predicted molar refractivity (Wildman–Crippen MR) is 73.5 cm³/mol. The van der Waals surface area contributed by atoms with Gasteiger partial charge in [-0.3, -0.25) is 14.9 Å². The van der Waals surface area contributed by atoms with Gasteiger partial charge in [-0.25, -0.2) is 4.98 Å². The van der Waals surface area contributed by atoms with E-state index in [1.165, 1.54) is 6.42 Å². The summed E-state index contributed by atoms with van der Waals surface area (Å²) in [7, 11) is 0. The standard InChI is InChI=1S/C12H17N5O3/c13-11(18)10-6-9(17(19)20)7-16-12(10)15-5-3-8-2-1-4-14-8/h6-8,14H,1-5H2,(H2,13,18)(H,15,16)/t8-/m0/s1. The van der Waals surface area contributed by atoms with Crippen LogP contribution in [0.5, 0.6) is 0 Å². The number of primary amides is 1. The lowest BCUT2D eigenvalue weighted by Gasteiger charge is -2.12. The first-order valence-electron chi connectivity index (χ1n) is 6.49. The monoisotopic (exact) mass is 279 g/mol. The second-order valence-corrected chi connectivity index (χ2v) is 4.72. The van der Waals surface area contributed by atoms with Crippen molar-refractivity contribution in [1.82, 2.24) is 10.3 Å². The van der Waals surface area contributed by atoms with Gasteiger partial charge in [0, 0.05) is 18.7 Å². The molecule has 4 N–H and O–H groups in total. The van der Waals surface area contributed by atoms with Gasteiger partial charge >= 0.3 is 0 Å². The van der Waals surface area contributed by atoms with Gasteiger partial charge in [-0.1, -0.05) is 0 Å². The quantitative estimate of drug-likeness (QED) is 0.518. The van der Waals surface area contributed by atoms with Crippen molar-refractivity contribution >= 4 is 17.4 Å². The van der Waals surface area contributed by atoms with E-state index in [0.29, 0.717) is 18.4 Å². The minimum absolute atomic E-state index is 0.0404. The van der Waals surface area contributed by atoms with Crippen LogP contribution in [-0.2, 0) is 0 Å². The molecule has 0 unspecified atom stereocenters. The van der Waals surface area contributed by atoms with Crippen LogP contribution in [-0.4, -0.2) is 34.9 Å². The van der Waals surface area contributed by atoms with Crippen LogP contribution in [0.15, 0.2) is 12.3 Å². The number of rotatable bonds is 6. The molecule has 8 nitrogen and oxygen atoms in total. The second-order valence-electron chi connectivity index (χ2n) is 4.72. The molecule has 8 heteroatoms. The van der Waals surface area contributed by atoms with Gasteiger partial charge in [0.15, 0.2) is 0 Å².